The first kappa shape index (κ1) is 62.6. The molecule has 21 heteroatoms. The van der Waals surface area contributed by atoms with Gasteiger partial charge in [0.25, 0.3) is 5.69 Å². The molecule has 5 aromatic carbocycles. The fourth-order valence-electron chi connectivity index (χ4n) is 11.6. The molecule has 0 amide bonds. The van der Waals surface area contributed by atoms with Gasteiger partial charge in [0.15, 0.2) is 43.3 Å². The number of nitrogens with zero attached hydrogens (tertiary/aromatic N) is 1. The van der Waals surface area contributed by atoms with Gasteiger partial charge in [-0.3, -0.25) is 14.9 Å². The van der Waals surface area contributed by atoms with Crippen LogP contribution in [-0.2, 0) is 95.5 Å². The third-order valence-electron chi connectivity index (χ3n) is 16.2. The third-order valence-corrected chi connectivity index (χ3v) is 16.2. The van der Waals surface area contributed by atoms with Gasteiger partial charge in [-0.2, -0.15) is 0 Å². The number of non-ortho nitro benzene ring substituents is 1. The van der Waals surface area contributed by atoms with Gasteiger partial charge in [0, 0.05) is 29.9 Å². The minimum absolute atomic E-state index is 0.0266. The maximum absolute atomic E-state index is 14.2. The first-order chi connectivity index (χ1) is 42.0. The van der Waals surface area contributed by atoms with Crippen LogP contribution in [0.1, 0.15) is 94.8 Å². The standard InChI is InChI=1S/C66H79NO20/c1-39-50(81-62-56(75-36-42-26-32-47(72-8)33-27-42)53(74-35-41-24-30-46(71-7)31-25-41)51-48(80-62)37-76-59(82-51)43-18-11-9-12-19-43)55-58(87-66(5,6)86-55)63(78-39)84-54-52-49(38-77-60(83-52)44-20-13-10-14-21-44)79-61(57(54)85-64(68)65(2,3)4)73-34-16-15-17-40-22-28-45(29-23-40)67(69)70/h9-14,18-33,39,48-63H,15-17,34-38H2,1-8H3/t39?,48?,49?,50-,51+,52-,53-,54-,55?,56?,57?,58-,59?,60?,61+,62-,63-/m0/s1. The van der Waals surface area contributed by atoms with Gasteiger partial charge in [-0.25, -0.2) is 0 Å². The van der Waals surface area contributed by atoms with E-state index in [2.05, 4.69) is 0 Å². The summed E-state index contributed by atoms with van der Waals surface area (Å²) in [5.74, 6) is -0.296. The first-order valence-corrected chi connectivity index (χ1v) is 29.8. The number of aryl methyl sites for hydroxylation is 1. The van der Waals surface area contributed by atoms with Crippen LogP contribution in [0.25, 0.3) is 0 Å². The second-order valence-electron chi connectivity index (χ2n) is 24.0. The van der Waals surface area contributed by atoms with E-state index in [0.717, 1.165) is 27.8 Å². The van der Waals surface area contributed by atoms with Crippen molar-refractivity contribution in [2.24, 2.45) is 5.41 Å². The van der Waals surface area contributed by atoms with E-state index in [9.17, 15) is 14.9 Å². The lowest BCUT2D eigenvalue weighted by atomic mass is 9.94. The Kier molecular flexibility index (Phi) is 20.0. The van der Waals surface area contributed by atoms with Gasteiger partial charge in [0.1, 0.15) is 72.5 Å². The third kappa shape index (κ3) is 15.0. The summed E-state index contributed by atoms with van der Waals surface area (Å²) in [4.78, 5) is 25.0. The fourth-order valence-corrected chi connectivity index (χ4v) is 11.6. The number of carbonyl (C=O) groups is 1. The molecule has 21 nitrogen and oxygen atoms in total. The molecule has 5 aromatic rings. The van der Waals surface area contributed by atoms with E-state index in [0.29, 0.717) is 30.8 Å². The Labute approximate surface area is 507 Å². The van der Waals surface area contributed by atoms with Crippen molar-refractivity contribution in [1.29, 1.82) is 0 Å². The number of unbranched alkanes of at least 4 members (excludes halogenated alkanes) is 1. The Morgan fingerprint density at radius 3 is 1.63 bits per heavy atom. The van der Waals surface area contributed by atoms with E-state index < -0.39 is 127 Å². The van der Waals surface area contributed by atoms with E-state index in [1.54, 1.807) is 47.1 Å². The van der Waals surface area contributed by atoms with Crippen molar-refractivity contribution >= 4 is 11.7 Å². The summed E-state index contributed by atoms with van der Waals surface area (Å²) in [6.07, 6.45) is -13.6. The highest BCUT2D eigenvalue weighted by molar-refractivity contribution is 5.75. The van der Waals surface area contributed by atoms with Gasteiger partial charge in [-0.1, -0.05) is 97.1 Å². The van der Waals surface area contributed by atoms with E-state index >= 15 is 0 Å². The molecular formula is C66H79NO20. The molecule has 0 spiro atoms. The van der Waals surface area contributed by atoms with Crippen molar-refractivity contribution in [1.82, 2.24) is 0 Å². The van der Waals surface area contributed by atoms with Crippen LogP contribution >= 0.6 is 0 Å². The Morgan fingerprint density at radius 1 is 0.563 bits per heavy atom. The van der Waals surface area contributed by atoms with Gasteiger partial charge in [0.2, 0.25) is 0 Å². The van der Waals surface area contributed by atoms with E-state index in [-0.39, 0.29) is 38.7 Å². The number of rotatable bonds is 22. The molecule has 17 atom stereocenters. The maximum atomic E-state index is 14.2. The Balaban J connectivity index is 0.883. The quantitative estimate of drug-likeness (QED) is 0.0272. The highest BCUT2D eigenvalue weighted by Crippen LogP contribution is 2.45. The lowest BCUT2D eigenvalue weighted by Crippen LogP contribution is -2.67. The fraction of sp³-hybridized carbons (Fsp3) is 0.530. The number of nitro benzene ring substituents is 1. The molecule has 0 radical (unpaired) electrons. The second kappa shape index (κ2) is 27.8. The summed E-state index contributed by atoms with van der Waals surface area (Å²) in [7, 11) is 3.24. The van der Waals surface area contributed by atoms with Gasteiger partial charge in [-0.15, -0.1) is 0 Å². The molecule has 11 rings (SSSR count). The Morgan fingerprint density at radius 2 is 1.08 bits per heavy atom. The number of hydrogen-bond donors (Lipinski definition) is 0. The van der Waals surface area contributed by atoms with Crippen LogP contribution in [0.5, 0.6) is 11.5 Å². The summed E-state index contributed by atoms with van der Waals surface area (Å²) in [6, 6.07) is 41.0. The van der Waals surface area contributed by atoms with Gasteiger partial charge >= 0.3 is 5.97 Å². The molecule has 0 saturated carbocycles. The molecule has 6 fully saturated rings. The SMILES string of the molecule is COc1ccc(COC2[C@H](O[C@H]3C(C)O[C@@H](O[C@@H]4C(OC(=O)C(C)(C)C)[C@H](OCCCCc5ccc([N+](=O)[O-])cc5)OC5COC(c6ccccc6)O[C@@H]54)[C@H]4OC(C)(C)OC34)OC3COC(c4ccccc4)O[C@H]3[C@@H]2OCc2ccc(OC)cc2)cc1. The molecule has 6 aliphatic heterocycles. The van der Waals surface area contributed by atoms with Gasteiger partial charge in [-0.05, 0) is 102 Å². The number of nitro groups is 1. The predicted molar refractivity (Wildman–Crippen MR) is 310 cm³/mol. The zero-order chi connectivity index (χ0) is 60.8. The van der Waals surface area contributed by atoms with Gasteiger partial charge < -0.3 is 80.5 Å². The number of methoxy groups -OCH3 is 2. The first-order valence-electron chi connectivity index (χ1n) is 29.8. The summed E-state index contributed by atoms with van der Waals surface area (Å²) < 4.78 is 113. The summed E-state index contributed by atoms with van der Waals surface area (Å²) in [5, 5.41) is 11.3. The number of fused-ring (bicyclic) bond motifs is 3. The van der Waals surface area contributed by atoms with Crippen LogP contribution in [-0.4, -0.2) is 143 Å². The molecular weight excluding hydrogens is 1130 g/mol. The van der Waals surface area contributed by atoms with Crippen LogP contribution in [0.3, 0.4) is 0 Å². The normalized spacial score (nSPS) is 32.0. The molecule has 8 unspecified atom stereocenters. The van der Waals surface area contributed by atoms with Crippen LogP contribution in [0.4, 0.5) is 5.69 Å². The second-order valence-corrected chi connectivity index (χ2v) is 24.0. The number of ether oxygens (including phenoxy) is 17. The number of benzene rings is 5. The number of esters is 1. The van der Waals surface area contributed by atoms with Crippen molar-refractivity contribution < 1.29 is 90.2 Å². The smallest absolute Gasteiger partial charge is 0.311 e. The lowest BCUT2D eigenvalue weighted by Gasteiger charge is -2.52. The van der Waals surface area contributed by atoms with Crippen molar-refractivity contribution in [2.45, 2.75) is 185 Å². The van der Waals surface area contributed by atoms with E-state index in [4.69, 9.17) is 80.5 Å². The Bertz CT molecular complexity index is 3000. The molecule has 6 saturated heterocycles. The van der Waals surface area contributed by atoms with E-state index in [1.165, 1.54) is 12.1 Å². The highest BCUT2D eigenvalue weighted by Gasteiger charge is 2.61. The minimum atomic E-state index is -1.20. The zero-order valence-electron chi connectivity index (χ0n) is 50.3. The van der Waals surface area contributed by atoms with E-state index in [1.807, 2.05) is 130 Å². The lowest BCUT2D eigenvalue weighted by molar-refractivity contribution is -0.401. The molecule has 6 aliphatic rings. The molecule has 468 valence electrons. The van der Waals surface area contributed by atoms with Crippen LogP contribution in [0.2, 0.25) is 0 Å². The van der Waals surface area contributed by atoms with Crippen LogP contribution < -0.4 is 9.47 Å². The topological polar surface area (TPSA) is 217 Å². The van der Waals surface area contributed by atoms with Crippen molar-refractivity contribution in [3.05, 3.63) is 171 Å². The summed E-state index contributed by atoms with van der Waals surface area (Å²) >= 11 is 0. The minimum Gasteiger partial charge on any atom is -0.497 e. The monoisotopic (exact) mass is 1210 g/mol. The van der Waals surface area contributed by atoms with Crippen molar-refractivity contribution in [2.75, 3.05) is 34.0 Å². The predicted octanol–water partition coefficient (Wildman–Crippen LogP) is 9.79. The molecule has 0 N–H and O–H groups in total. The average Bonchev–Trinajstić information content (AvgIpc) is 2.18. The van der Waals surface area contributed by atoms with Crippen LogP contribution in [0.15, 0.2) is 133 Å². The maximum Gasteiger partial charge on any atom is 0.311 e. The highest BCUT2D eigenvalue weighted by atomic mass is 16.8. The summed E-state index contributed by atoms with van der Waals surface area (Å²) in [5.41, 5.74) is 3.38. The van der Waals surface area contributed by atoms with Crippen molar-refractivity contribution in [3.8, 4) is 11.5 Å². The average molecular weight is 1210 g/mol. The number of carbonyl (C=O) groups excluding carboxylic acids is 1. The largest absolute Gasteiger partial charge is 0.497 e. The molecule has 0 bridgehead atoms. The summed E-state index contributed by atoms with van der Waals surface area (Å²) in [6.45, 7) is 11.5. The zero-order valence-corrected chi connectivity index (χ0v) is 50.3. The molecule has 87 heavy (non-hydrogen) atoms. The van der Waals surface area contributed by atoms with Gasteiger partial charge in [0.05, 0.1) is 57.1 Å². The van der Waals surface area contributed by atoms with Crippen molar-refractivity contribution in [3.63, 3.8) is 0 Å². The Hall–Kier alpha value is -5.99. The molecule has 6 heterocycles. The molecule has 0 aromatic heterocycles. The van der Waals surface area contributed by atoms with Crippen LogP contribution in [0, 0.1) is 15.5 Å². The number of hydrogen-bond acceptors (Lipinski definition) is 20. The molecule has 0 aliphatic carbocycles.